The van der Waals surface area contributed by atoms with E-state index in [1.807, 2.05) is 11.8 Å². The maximum atomic E-state index is 12.9. The number of nitrogens with one attached hydrogen (secondary N) is 1. The summed E-state index contributed by atoms with van der Waals surface area (Å²) in [6, 6.07) is 3.08. The molecule has 1 aliphatic heterocycles. The van der Waals surface area contributed by atoms with Gasteiger partial charge in [-0.3, -0.25) is 14.5 Å². The van der Waals surface area contributed by atoms with Crippen LogP contribution in [0.3, 0.4) is 0 Å². The summed E-state index contributed by atoms with van der Waals surface area (Å²) in [4.78, 5) is 28.7. The van der Waals surface area contributed by atoms with E-state index in [0.29, 0.717) is 18.8 Å². The quantitative estimate of drug-likeness (QED) is 0.760. The minimum Gasteiger partial charge on any atom is -0.467 e. The molecule has 0 radical (unpaired) electrons. The lowest BCUT2D eigenvalue weighted by Gasteiger charge is -2.39. The normalized spacial score (nSPS) is 19.2. The first-order valence-electron chi connectivity index (χ1n) is 8.34. The highest BCUT2D eigenvalue weighted by molar-refractivity contribution is 5.89. The molecule has 1 aromatic heterocycles. The first kappa shape index (κ1) is 18.5. The number of aliphatic hydroxyl groups is 1. The molecule has 0 unspecified atom stereocenters. The average molecular weight is 337 g/mol. The number of rotatable bonds is 7. The molecule has 1 atom stereocenters. The summed E-state index contributed by atoms with van der Waals surface area (Å²) in [7, 11) is 0. The Hall–Kier alpha value is -1.86. The van der Waals surface area contributed by atoms with Gasteiger partial charge in [0.1, 0.15) is 5.76 Å². The maximum absolute atomic E-state index is 12.9. The molecule has 7 nitrogen and oxygen atoms in total. The zero-order chi connectivity index (χ0) is 17.7. The molecule has 0 spiro atoms. The van der Waals surface area contributed by atoms with Crippen molar-refractivity contribution in [3.05, 3.63) is 24.2 Å². The summed E-state index contributed by atoms with van der Waals surface area (Å²) in [5.74, 6) is 0.354. The molecule has 24 heavy (non-hydrogen) atoms. The van der Waals surface area contributed by atoms with E-state index in [0.717, 1.165) is 6.54 Å². The highest BCUT2D eigenvalue weighted by atomic mass is 16.3. The first-order valence-corrected chi connectivity index (χ1v) is 8.34. The standard InChI is InChI=1S/C17H27N3O4/c1-4-19-8-7-18-16(23)14(19)10-15(22)20(17(2,3)12-21)11-13-6-5-9-24-13/h5-6,9,14,21H,4,7-8,10-12H2,1-3H3,(H,18,23)/t14-/m0/s1. The lowest BCUT2D eigenvalue weighted by molar-refractivity contribution is -0.144. The fourth-order valence-corrected chi connectivity index (χ4v) is 2.92. The van der Waals surface area contributed by atoms with E-state index < -0.39 is 11.6 Å². The molecule has 0 bridgehead atoms. The zero-order valence-corrected chi connectivity index (χ0v) is 14.6. The van der Waals surface area contributed by atoms with Crippen LogP contribution in [0.15, 0.2) is 22.8 Å². The summed E-state index contributed by atoms with van der Waals surface area (Å²) in [5.41, 5.74) is -0.744. The summed E-state index contributed by atoms with van der Waals surface area (Å²) < 4.78 is 5.34. The Kier molecular flexibility index (Phi) is 6.01. The smallest absolute Gasteiger partial charge is 0.237 e. The van der Waals surface area contributed by atoms with Gasteiger partial charge in [0.2, 0.25) is 11.8 Å². The number of furan rings is 1. The van der Waals surface area contributed by atoms with Crippen LogP contribution in [0.1, 0.15) is 33.0 Å². The molecular formula is C17H27N3O4. The summed E-state index contributed by atoms with van der Waals surface area (Å²) in [5, 5.41) is 12.5. The van der Waals surface area contributed by atoms with Crippen molar-refractivity contribution in [2.45, 2.75) is 45.3 Å². The fraction of sp³-hybridized carbons (Fsp3) is 0.647. The van der Waals surface area contributed by atoms with Crippen LogP contribution in [-0.2, 0) is 16.1 Å². The lowest BCUT2D eigenvalue weighted by Crippen LogP contribution is -2.58. The van der Waals surface area contributed by atoms with Crippen molar-refractivity contribution < 1.29 is 19.1 Å². The van der Waals surface area contributed by atoms with E-state index in [9.17, 15) is 14.7 Å². The van der Waals surface area contributed by atoms with E-state index in [4.69, 9.17) is 4.42 Å². The number of aliphatic hydroxyl groups excluding tert-OH is 1. The molecule has 0 aromatic carbocycles. The summed E-state index contributed by atoms with van der Waals surface area (Å²) in [6.07, 6.45) is 1.64. The van der Waals surface area contributed by atoms with Crippen LogP contribution in [0, 0.1) is 0 Å². The van der Waals surface area contributed by atoms with Crippen LogP contribution in [0.4, 0.5) is 0 Å². The van der Waals surface area contributed by atoms with Gasteiger partial charge in [-0.05, 0) is 32.5 Å². The van der Waals surface area contributed by atoms with Crippen LogP contribution >= 0.6 is 0 Å². The molecule has 2 amide bonds. The van der Waals surface area contributed by atoms with Crippen LogP contribution in [0.25, 0.3) is 0 Å². The van der Waals surface area contributed by atoms with Crippen molar-refractivity contribution in [2.75, 3.05) is 26.2 Å². The number of hydrogen-bond donors (Lipinski definition) is 2. The van der Waals surface area contributed by atoms with Gasteiger partial charge in [-0.15, -0.1) is 0 Å². The summed E-state index contributed by atoms with van der Waals surface area (Å²) in [6.45, 7) is 7.73. The maximum Gasteiger partial charge on any atom is 0.237 e. The van der Waals surface area contributed by atoms with Crippen molar-refractivity contribution in [1.82, 2.24) is 15.1 Å². The van der Waals surface area contributed by atoms with Gasteiger partial charge in [0.25, 0.3) is 0 Å². The molecule has 0 saturated carbocycles. The molecule has 1 saturated heterocycles. The molecule has 1 aliphatic rings. The number of piperazine rings is 1. The van der Waals surface area contributed by atoms with Crippen molar-refractivity contribution in [3.63, 3.8) is 0 Å². The Morgan fingerprint density at radius 3 is 2.88 bits per heavy atom. The van der Waals surface area contributed by atoms with Crippen molar-refractivity contribution >= 4 is 11.8 Å². The second-order valence-corrected chi connectivity index (χ2v) is 6.67. The number of amides is 2. The van der Waals surface area contributed by atoms with Gasteiger partial charge in [0, 0.05) is 13.1 Å². The number of likely N-dealkylation sites (N-methyl/N-ethyl adjacent to an activating group) is 1. The van der Waals surface area contributed by atoms with Crippen LogP contribution in [-0.4, -0.2) is 64.5 Å². The monoisotopic (exact) mass is 337 g/mol. The van der Waals surface area contributed by atoms with Crippen LogP contribution in [0.5, 0.6) is 0 Å². The van der Waals surface area contributed by atoms with Gasteiger partial charge < -0.3 is 19.7 Å². The van der Waals surface area contributed by atoms with Gasteiger partial charge in [0.05, 0.1) is 37.4 Å². The van der Waals surface area contributed by atoms with E-state index in [2.05, 4.69) is 5.32 Å². The van der Waals surface area contributed by atoms with Crippen LogP contribution < -0.4 is 5.32 Å². The van der Waals surface area contributed by atoms with Gasteiger partial charge in [0.15, 0.2) is 0 Å². The van der Waals surface area contributed by atoms with Gasteiger partial charge in [-0.1, -0.05) is 6.92 Å². The summed E-state index contributed by atoms with van der Waals surface area (Å²) >= 11 is 0. The SMILES string of the molecule is CCN1CCNC(=O)[C@@H]1CC(=O)N(Cc1ccco1)C(C)(C)CO. The Labute approximate surface area is 142 Å². The van der Waals surface area contributed by atoms with Crippen molar-refractivity contribution in [3.8, 4) is 0 Å². The molecule has 2 N–H and O–H groups in total. The number of carbonyl (C=O) groups is 2. The van der Waals surface area contributed by atoms with Crippen LogP contribution in [0.2, 0.25) is 0 Å². The largest absolute Gasteiger partial charge is 0.467 e. The van der Waals surface area contributed by atoms with E-state index >= 15 is 0 Å². The third-order valence-electron chi connectivity index (χ3n) is 4.53. The second-order valence-electron chi connectivity index (χ2n) is 6.67. The van der Waals surface area contributed by atoms with E-state index in [-0.39, 0.29) is 31.4 Å². The number of nitrogens with zero attached hydrogens (tertiary/aromatic N) is 2. The minimum absolute atomic E-state index is 0.0871. The highest BCUT2D eigenvalue weighted by Gasteiger charge is 2.36. The van der Waals surface area contributed by atoms with Gasteiger partial charge in [-0.2, -0.15) is 0 Å². The third-order valence-corrected chi connectivity index (χ3v) is 4.53. The predicted molar refractivity (Wildman–Crippen MR) is 89.1 cm³/mol. The third kappa shape index (κ3) is 4.15. The first-order chi connectivity index (χ1) is 11.4. The Balaban J connectivity index is 2.16. The highest BCUT2D eigenvalue weighted by Crippen LogP contribution is 2.21. The van der Waals surface area contributed by atoms with Crippen molar-refractivity contribution in [1.29, 1.82) is 0 Å². The predicted octanol–water partition coefficient (Wildman–Crippen LogP) is 0.590. The lowest BCUT2D eigenvalue weighted by atomic mass is 10.0. The molecular weight excluding hydrogens is 310 g/mol. The molecule has 2 rings (SSSR count). The molecule has 2 heterocycles. The topological polar surface area (TPSA) is 86.0 Å². The van der Waals surface area contributed by atoms with E-state index in [1.54, 1.807) is 37.1 Å². The Bertz CT molecular complexity index is 556. The molecule has 134 valence electrons. The Morgan fingerprint density at radius 1 is 1.54 bits per heavy atom. The van der Waals surface area contributed by atoms with Gasteiger partial charge >= 0.3 is 0 Å². The molecule has 0 aliphatic carbocycles. The van der Waals surface area contributed by atoms with Crippen molar-refractivity contribution in [2.24, 2.45) is 0 Å². The molecule has 1 fully saturated rings. The van der Waals surface area contributed by atoms with E-state index in [1.165, 1.54) is 0 Å². The molecule has 7 heteroatoms. The molecule has 1 aromatic rings. The second kappa shape index (κ2) is 7.81. The minimum atomic E-state index is -0.744. The Morgan fingerprint density at radius 2 is 2.29 bits per heavy atom. The average Bonchev–Trinajstić information content (AvgIpc) is 3.07. The number of carbonyl (C=O) groups excluding carboxylic acids is 2. The number of hydrogen-bond acceptors (Lipinski definition) is 5. The van der Waals surface area contributed by atoms with Gasteiger partial charge in [-0.25, -0.2) is 0 Å². The zero-order valence-electron chi connectivity index (χ0n) is 14.6. The fourth-order valence-electron chi connectivity index (χ4n) is 2.92.